The average Bonchev–Trinajstić information content (AvgIpc) is 2.84. The Kier molecular flexibility index (Phi) is 3.06. The maximum atomic E-state index is 12.2. The van der Waals surface area contributed by atoms with Crippen LogP contribution in [0.5, 0.6) is 0 Å². The monoisotopic (exact) mass is 267 g/mol. The minimum Gasteiger partial charge on any atom is -0.399 e. The van der Waals surface area contributed by atoms with Gasteiger partial charge in [-0.25, -0.2) is 4.79 Å². The highest BCUT2D eigenvalue weighted by Gasteiger charge is 2.23. The third-order valence-electron chi connectivity index (χ3n) is 3.54. The third-order valence-corrected chi connectivity index (χ3v) is 3.54. The van der Waals surface area contributed by atoms with E-state index in [9.17, 15) is 4.79 Å². The van der Waals surface area contributed by atoms with E-state index < -0.39 is 0 Å². The zero-order valence-electron chi connectivity index (χ0n) is 11.4. The van der Waals surface area contributed by atoms with Crippen LogP contribution in [0.1, 0.15) is 16.7 Å². The molecule has 4 nitrogen and oxygen atoms in total. The fourth-order valence-electron chi connectivity index (χ4n) is 2.40. The molecule has 2 amide bonds. The molecule has 1 aliphatic heterocycles. The predicted molar refractivity (Wildman–Crippen MR) is 80.3 cm³/mol. The Morgan fingerprint density at radius 1 is 1.10 bits per heavy atom. The number of nitrogens with zero attached hydrogens (tertiary/aromatic N) is 1. The number of hydrogen-bond acceptors (Lipinski definition) is 2. The maximum absolute atomic E-state index is 12.2. The van der Waals surface area contributed by atoms with Gasteiger partial charge in [0.15, 0.2) is 0 Å². The van der Waals surface area contributed by atoms with Crippen molar-refractivity contribution in [3.05, 3.63) is 59.2 Å². The van der Waals surface area contributed by atoms with Gasteiger partial charge in [0.25, 0.3) is 0 Å². The van der Waals surface area contributed by atoms with Gasteiger partial charge in [0.05, 0.1) is 0 Å². The quantitative estimate of drug-likeness (QED) is 0.780. The molecule has 0 aliphatic carbocycles. The van der Waals surface area contributed by atoms with Crippen molar-refractivity contribution in [1.82, 2.24) is 4.90 Å². The number of nitrogen functional groups attached to an aromatic ring is 1. The number of aryl methyl sites for hydroxylation is 1. The van der Waals surface area contributed by atoms with Crippen LogP contribution in [0.2, 0.25) is 0 Å². The first-order chi connectivity index (χ1) is 9.61. The van der Waals surface area contributed by atoms with Gasteiger partial charge in [-0.05, 0) is 42.3 Å². The molecule has 2 aromatic carbocycles. The number of nitrogens with one attached hydrogen (secondary N) is 1. The highest BCUT2D eigenvalue weighted by atomic mass is 16.2. The van der Waals surface area contributed by atoms with Gasteiger partial charge >= 0.3 is 6.03 Å². The minimum absolute atomic E-state index is 0.0800. The maximum Gasteiger partial charge on any atom is 0.322 e. The largest absolute Gasteiger partial charge is 0.399 e. The fraction of sp³-hybridized carbons (Fsp3) is 0.188. The van der Waals surface area contributed by atoms with Crippen molar-refractivity contribution in [3.8, 4) is 0 Å². The van der Waals surface area contributed by atoms with Crippen LogP contribution in [-0.4, -0.2) is 10.9 Å². The number of urea groups is 1. The first kappa shape index (κ1) is 12.5. The summed E-state index contributed by atoms with van der Waals surface area (Å²) in [4.78, 5) is 14.0. The number of amides is 2. The van der Waals surface area contributed by atoms with E-state index in [2.05, 4.69) is 5.32 Å². The molecule has 1 heterocycles. The lowest BCUT2D eigenvalue weighted by Crippen LogP contribution is -2.30. The summed E-state index contributed by atoms with van der Waals surface area (Å²) in [7, 11) is 0. The van der Waals surface area contributed by atoms with Crippen LogP contribution < -0.4 is 11.1 Å². The van der Waals surface area contributed by atoms with Crippen LogP contribution in [0.25, 0.3) is 0 Å². The van der Waals surface area contributed by atoms with Crippen molar-refractivity contribution in [2.75, 3.05) is 11.1 Å². The molecular weight excluding hydrogens is 250 g/mol. The molecule has 0 saturated heterocycles. The minimum atomic E-state index is -0.0800. The standard InChI is InChI=1S/C16H17N3O/c1-11-2-6-15(7-3-11)18-16(20)19-9-12-4-5-14(17)8-13(12)10-19/h2-8H,9-10,17H2,1H3,(H,18,20). The van der Waals surface area contributed by atoms with E-state index in [0.717, 1.165) is 16.9 Å². The Hall–Kier alpha value is -2.49. The van der Waals surface area contributed by atoms with E-state index in [4.69, 9.17) is 5.73 Å². The molecule has 102 valence electrons. The topological polar surface area (TPSA) is 58.4 Å². The molecule has 0 aromatic heterocycles. The molecule has 1 aliphatic rings. The van der Waals surface area contributed by atoms with Crippen molar-refractivity contribution in [2.45, 2.75) is 20.0 Å². The average molecular weight is 267 g/mol. The van der Waals surface area contributed by atoms with E-state index >= 15 is 0 Å². The van der Waals surface area contributed by atoms with Gasteiger partial charge in [-0.1, -0.05) is 23.8 Å². The summed E-state index contributed by atoms with van der Waals surface area (Å²) in [6.07, 6.45) is 0. The molecule has 20 heavy (non-hydrogen) atoms. The van der Waals surface area contributed by atoms with Gasteiger partial charge in [0.1, 0.15) is 0 Å². The van der Waals surface area contributed by atoms with Gasteiger partial charge in [-0.15, -0.1) is 0 Å². The third kappa shape index (κ3) is 2.45. The molecule has 0 atom stereocenters. The number of benzene rings is 2. The normalized spacial score (nSPS) is 13.2. The SMILES string of the molecule is Cc1ccc(NC(=O)N2Cc3ccc(N)cc3C2)cc1. The van der Waals surface area contributed by atoms with Crippen LogP contribution in [0, 0.1) is 6.92 Å². The number of carbonyl (C=O) groups is 1. The molecule has 0 saturated carbocycles. The predicted octanol–water partition coefficient (Wildman–Crippen LogP) is 3.12. The summed E-state index contributed by atoms with van der Waals surface area (Å²) < 4.78 is 0. The van der Waals surface area contributed by atoms with Crippen molar-refractivity contribution in [1.29, 1.82) is 0 Å². The lowest BCUT2D eigenvalue weighted by Gasteiger charge is -2.16. The van der Waals surface area contributed by atoms with Crippen LogP contribution in [0.3, 0.4) is 0 Å². The Balaban J connectivity index is 1.69. The summed E-state index contributed by atoms with van der Waals surface area (Å²) in [5, 5.41) is 2.92. The Bertz CT molecular complexity index is 649. The lowest BCUT2D eigenvalue weighted by atomic mass is 10.1. The molecule has 0 fully saturated rings. The molecule has 2 aromatic rings. The first-order valence-electron chi connectivity index (χ1n) is 6.62. The van der Waals surface area contributed by atoms with Crippen LogP contribution >= 0.6 is 0 Å². The van der Waals surface area contributed by atoms with E-state index in [0.29, 0.717) is 13.1 Å². The molecule has 0 bridgehead atoms. The van der Waals surface area contributed by atoms with Crippen LogP contribution in [0.15, 0.2) is 42.5 Å². The van der Waals surface area contributed by atoms with Gasteiger partial charge < -0.3 is 16.0 Å². The smallest absolute Gasteiger partial charge is 0.322 e. The zero-order valence-corrected chi connectivity index (χ0v) is 11.4. The number of hydrogen-bond donors (Lipinski definition) is 2. The van der Waals surface area contributed by atoms with Gasteiger partial charge in [-0.2, -0.15) is 0 Å². The second-order valence-electron chi connectivity index (χ2n) is 5.18. The van der Waals surface area contributed by atoms with Crippen molar-refractivity contribution in [2.24, 2.45) is 0 Å². The highest BCUT2D eigenvalue weighted by Crippen LogP contribution is 2.25. The number of rotatable bonds is 1. The van der Waals surface area contributed by atoms with Gasteiger partial charge in [-0.3, -0.25) is 0 Å². The second-order valence-corrected chi connectivity index (χ2v) is 5.18. The summed E-state index contributed by atoms with van der Waals surface area (Å²) in [6.45, 7) is 3.26. The molecular formula is C16H17N3O. The van der Waals surface area contributed by atoms with E-state index in [1.807, 2.05) is 49.4 Å². The number of nitrogens with two attached hydrogens (primary N) is 1. The summed E-state index contributed by atoms with van der Waals surface area (Å²) >= 11 is 0. The van der Waals surface area contributed by atoms with Crippen molar-refractivity contribution >= 4 is 17.4 Å². The number of anilines is 2. The van der Waals surface area contributed by atoms with Gasteiger partial charge in [0, 0.05) is 24.5 Å². The van der Waals surface area contributed by atoms with E-state index in [-0.39, 0.29) is 6.03 Å². The van der Waals surface area contributed by atoms with Crippen molar-refractivity contribution in [3.63, 3.8) is 0 Å². The molecule has 0 unspecified atom stereocenters. The second kappa shape index (κ2) is 4.89. The van der Waals surface area contributed by atoms with Crippen molar-refractivity contribution < 1.29 is 4.79 Å². The first-order valence-corrected chi connectivity index (χ1v) is 6.62. The van der Waals surface area contributed by atoms with Crippen LogP contribution in [-0.2, 0) is 13.1 Å². The van der Waals surface area contributed by atoms with Crippen LogP contribution in [0.4, 0.5) is 16.2 Å². The summed E-state index contributed by atoms with van der Waals surface area (Å²) in [6, 6.07) is 13.5. The highest BCUT2D eigenvalue weighted by molar-refractivity contribution is 5.89. The Labute approximate surface area is 118 Å². The summed E-state index contributed by atoms with van der Waals surface area (Å²) in [5.74, 6) is 0. The van der Waals surface area contributed by atoms with E-state index in [1.165, 1.54) is 11.1 Å². The zero-order chi connectivity index (χ0) is 14.1. The molecule has 3 rings (SSSR count). The fourth-order valence-corrected chi connectivity index (χ4v) is 2.40. The molecule has 3 N–H and O–H groups in total. The molecule has 0 spiro atoms. The summed E-state index contributed by atoms with van der Waals surface area (Å²) in [5.41, 5.74) is 10.8. The Morgan fingerprint density at radius 3 is 2.55 bits per heavy atom. The number of carbonyl (C=O) groups excluding carboxylic acids is 1. The lowest BCUT2D eigenvalue weighted by molar-refractivity contribution is 0.212. The van der Waals surface area contributed by atoms with E-state index in [1.54, 1.807) is 4.90 Å². The molecule has 0 radical (unpaired) electrons. The number of fused-ring (bicyclic) bond motifs is 1. The Morgan fingerprint density at radius 2 is 1.80 bits per heavy atom. The van der Waals surface area contributed by atoms with Gasteiger partial charge in [0.2, 0.25) is 0 Å². The molecule has 4 heteroatoms.